The number of hydrogen-bond donors (Lipinski definition) is 4. The summed E-state index contributed by atoms with van der Waals surface area (Å²) in [4.78, 5) is 1.45. The van der Waals surface area contributed by atoms with Gasteiger partial charge in [0.25, 0.3) is 0 Å². The first-order valence-corrected chi connectivity index (χ1v) is 3.54. The normalized spacial score (nSPS) is 34.9. The molecule has 0 aliphatic carbocycles. The molecule has 0 aromatic heterocycles. The molecule has 0 saturated carbocycles. The van der Waals surface area contributed by atoms with E-state index in [-0.39, 0.29) is 13.2 Å². The van der Waals surface area contributed by atoms with Crippen molar-refractivity contribution < 1.29 is 20.4 Å². The summed E-state index contributed by atoms with van der Waals surface area (Å²) in [6, 6.07) is -0.419. The predicted octanol–water partition coefficient (Wildman–Crippen LogP) is -2.67. The largest absolute Gasteiger partial charge is 0.395 e. The summed E-state index contributed by atoms with van der Waals surface area (Å²) in [5, 5.41) is 35.3. The Morgan fingerprint density at radius 1 is 1.45 bits per heavy atom. The van der Waals surface area contributed by atoms with E-state index < -0.39 is 18.4 Å². The molecule has 0 bridgehead atoms. The Balaban J connectivity index is 2.37. The molecule has 1 rings (SSSR count). The van der Waals surface area contributed by atoms with Gasteiger partial charge in [-0.1, -0.05) is 0 Å². The fraction of sp³-hybridized carbons (Fsp3) is 1.00. The third kappa shape index (κ3) is 1.52. The van der Waals surface area contributed by atoms with Gasteiger partial charge < -0.3 is 20.4 Å². The highest BCUT2D eigenvalue weighted by molar-refractivity contribution is 4.92. The Bertz CT molecular complexity index is 132. The van der Waals surface area contributed by atoms with E-state index >= 15 is 0 Å². The van der Waals surface area contributed by atoms with Crippen LogP contribution in [0, 0.1) is 0 Å². The summed E-state index contributed by atoms with van der Waals surface area (Å²) >= 11 is 0. The molecule has 3 unspecified atom stereocenters. The highest BCUT2D eigenvalue weighted by Crippen LogP contribution is 2.19. The van der Waals surface area contributed by atoms with Crippen LogP contribution < -0.4 is 0 Å². The number of β-amino-alcohol motifs (C(OH)–C–C–N with tert-alkyl or cyclic N) is 1. The molecule has 5 nitrogen and oxygen atoms in total. The van der Waals surface area contributed by atoms with Crippen LogP contribution in [0.25, 0.3) is 0 Å². The van der Waals surface area contributed by atoms with Crippen molar-refractivity contribution in [2.75, 3.05) is 19.8 Å². The SMILES string of the molecule is OCC(O)N1CC(O)C1CO. The summed E-state index contributed by atoms with van der Waals surface area (Å²) in [6.45, 7) is -0.256. The van der Waals surface area contributed by atoms with Crippen LogP contribution in [-0.2, 0) is 0 Å². The van der Waals surface area contributed by atoms with Crippen molar-refractivity contribution in [1.82, 2.24) is 4.90 Å². The zero-order valence-electron chi connectivity index (χ0n) is 6.09. The molecule has 1 saturated heterocycles. The Morgan fingerprint density at radius 3 is 2.45 bits per heavy atom. The number of aliphatic hydroxyl groups excluding tert-OH is 4. The van der Waals surface area contributed by atoms with Gasteiger partial charge in [0.05, 0.1) is 25.4 Å². The lowest BCUT2D eigenvalue weighted by atomic mass is 10.00. The number of likely N-dealkylation sites (tertiary alicyclic amines) is 1. The summed E-state index contributed by atoms with van der Waals surface area (Å²) in [5.41, 5.74) is 0. The van der Waals surface area contributed by atoms with E-state index in [0.717, 1.165) is 0 Å². The van der Waals surface area contributed by atoms with Gasteiger partial charge in [-0.25, -0.2) is 0 Å². The maximum atomic E-state index is 9.05. The molecular formula is C6H13NO4. The van der Waals surface area contributed by atoms with E-state index in [1.54, 1.807) is 0 Å². The van der Waals surface area contributed by atoms with Crippen LogP contribution in [0.15, 0.2) is 0 Å². The highest BCUT2D eigenvalue weighted by atomic mass is 16.3. The molecule has 1 heterocycles. The van der Waals surface area contributed by atoms with Gasteiger partial charge >= 0.3 is 0 Å². The molecular weight excluding hydrogens is 150 g/mol. The minimum Gasteiger partial charge on any atom is -0.395 e. The second kappa shape index (κ2) is 3.46. The summed E-state index contributed by atoms with van der Waals surface area (Å²) in [7, 11) is 0. The molecule has 3 atom stereocenters. The first kappa shape index (κ1) is 8.89. The monoisotopic (exact) mass is 163 g/mol. The molecule has 0 spiro atoms. The molecule has 4 N–H and O–H groups in total. The standard InChI is InChI=1S/C6H13NO4/c8-2-4-5(10)1-7(4)6(11)3-9/h4-6,8-11H,1-3H2. The van der Waals surface area contributed by atoms with Crippen molar-refractivity contribution in [3.63, 3.8) is 0 Å². The van der Waals surface area contributed by atoms with Gasteiger partial charge in [0, 0.05) is 6.54 Å². The lowest BCUT2D eigenvalue weighted by Crippen LogP contribution is -2.65. The number of hydrogen-bond acceptors (Lipinski definition) is 5. The molecule has 66 valence electrons. The molecule has 0 aromatic carbocycles. The zero-order chi connectivity index (χ0) is 8.43. The van der Waals surface area contributed by atoms with Crippen LogP contribution >= 0.6 is 0 Å². The van der Waals surface area contributed by atoms with Crippen LogP contribution in [0.2, 0.25) is 0 Å². The Kier molecular flexibility index (Phi) is 2.80. The van der Waals surface area contributed by atoms with E-state index in [0.29, 0.717) is 6.54 Å². The molecule has 0 radical (unpaired) electrons. The van der Waals surface area contributed by atoms with E-state index in [2.05, 4.69) is 0 Å². The van der Waals surface area contributed by atoms with Gasteiger partial charge in [0.15, 0.2) is 0 Å². The van der Waals surface area contributed by atoms with Crippen LogP contribution in [-0.4, -0.2) is 63.5 Å². The predicted molar refractivity (Wildman–Crippen MR) is 36.7 cm³/mol. The topological polar surface area (TPSA) is 84.2 Å². The number of aliphatic hydroxyl groups is 4. The number of nitrogens with zero attached hydrogens (tertiary/aromatic N) is 1. The minimum absolute atomic E-state index is 0.196. The lowest BCUT2D eigenvalue weighted by molar-refractivity contribution is -0.168. The maximum absolute atomic E-state index is 9.05. The highest BCUT2D eigenvalue weighted by Gasteiger charge is 2.40. The Morgan fingerprint density at radius 2 is 2.09 bits per heavy atom. The van der Waals surface area contributed by atoms with Crippen molar-refractivity contribution in [3.8, 4) is 0 Å². The van der Waals surface area contributed by atoms with Gasteiger partial charge in [0.2, 0.25) is 0 Å². The molecule has 1 fully saturated rings. The van der Waals surface area contributed by atoms with Crippen LogP contribution in [0.3, 0.4) is 0 Å². The fourth-order valence-electron chi connectivity index (χ4n) is 1.23. The van der Waals surface area contributed by atoms with Crippen molar-refractivity contribution in [2.45, 2.75) is 18.4 Å². The third-order valence-corrected chi connectivity index (χ3v) is 2.00. The maximum Gasteiger partial charge on any atom is 0.131 e. The van der Waals surface area contributed by atoms with Crippen LogP contribution in [0.4, 0.5) is 0 Å². The van der Waals surface area contributed by atoms with Gasteiger partial charge in [0.1, 0.15) is 6.23 Å². The first-order chi connectivity index (χ1) is 5.20. The summed E-state index contributed by atoms with van der Waals surface area (Å²) < 4.78 is 0. The average Bonchev–Trinajstić information content (AvgIpc) is 1.99. The Labute approximate surface area is 64.5 Å². The van der Waals surface area contributed by atoms with Gasteiger partial charge in [-0.05, 0) is 0 Å². The van der Waals surface area contributed by atoms with E-state index in [4.69, 9.17) is 20.4 Å². The molecule has 11 heavy (non-hydrogen) atoms. The van der Waals surface area contributed by atoms with Crippen molar-refractivity contribution in [1.29, 1.82) is 0 Å². The molecule has 5 heteroatoms. The Hall–Kier alpha value is -0.200. The van der Waals surface area contributed by atoms with Crippen LogP contribution in [0.1, 0.15) is 0 Å². The minimum atomic E-state index is -0.962. The summed E-state index contributed by atoms with van der Waals surface area (Å²) in [5.74, 6) is 0. The average molecular weight is 163 g/mol. The van der Waals surface area contributed by atoms with Crippen LogP contribution in [0.5, 0.6) is 0 Å². The van der Waals surface area contributed by atoms with Gasteiger partial charge in [-0.15, -0.1) is 0 Å². The smallest absolute Gasteiger partial charge is 0.131 e. The number of rotatable bonds is 3. The molecule has 0 aromatic rings. The van der Waals surface area contributed by atoms with Crippen molar-refractivity contribution in [2.24, 2.45) is 0 Å². The quantitative estimate of drug-likeness (QED) is 0.365. The van der Waals surface area contributed by atoms with Crippen molar-refractivity contribution in [3.05, 3.63) is 0 Å². The summed E-state index contributed by atoms with van der Waals surface area (Å²) in [6.07, 6.45) is -1.54. The molecule has 1 aliphatic heterocycles. The zero-order valence-corrected chi connectivity index (χ0v) is 6.09. The van der Waals surface area contributed by atoms with E-state index in [1.807, 2.05) is 0 Å². The molecule has 0 amide bonds. The molecule has 1 aliphatic rings. The lowest BCUT2D eigenvalue weighted by Gasteiger charge is -2.46. The first-order valence-electron chi connectivity index (χ1n) is 3.54. The van der Waals surface area contributed by atoms with E-state index in [1.165, 1.54) is 4.90 Å². The third-order valence-electron chi connectivity index (χ3n) is 2.00. The second-order valence-electron chi connectivity index (χ2n) is 2.68. The fourth-order valence-corrected chi connectivity index (χ4v) is 1.23. The van der Waals surface area contributed by atoms with Gasteiger partial charge in [-0.3, -0.25) is 4.90 Å². The van der Waals surface area contributed by atoms with E-state index in [9.17, 15) is 0 Å². The second-order valence-corrected chi connectivity index (χ2v) is 2.68. The van der Waals surface area contributed by atoms with Gasteiger partial charge in [-0.2, -0.15) is 0 Å². The van der Waals surface area contributed by atoms with Crippen molar-refractivity contribution >= 4 is 0 Å².